The summed E-state index contributed by atoms with van der Waals surface area (Å²) < 4.78 is 6.45. The SMILES string of the molecule is NC(N)=NCCC[C@@H]1OC[C@@H](Cc2ccccc2)NC(=O)[C@H](Cc2ccc(O)cc2)CCNC(=O)CCCCCCCCCNC(=O)[C@H](Cc2cc3ccccc3[nH]2)NC1=O. The predicted octanol–water partition coefficient (Wildman–Crippen LogP) is 4.68. The molecule has 61 heavy (non-hydrogen) atoms. The normalized spacial score (nSPS) is 21.2. The lowest BCUT2D eigenvalue weighted by atomic mass is 9.94. The van der Waals surface area contributed by atoms with Crippen molar-refractivity contribution in [2.45, 2.75) is 108 Å². The molecule has 4 aromatic rings. The summed E-state index contributed by atoms with van der Waals surface area (Å²) in [7, 11) is 0. The van der Waals surface area contributed by atoms with Crippen LogP contribution in [0.1, 0.15) is 87.4 Å². The Labute approximate surface area is 359 Å². The van der Waals surface area contributed by atoms with Crippen LogP contribution in [0.5, 0.6) is 5.75 Å². The Morgan fingerprint density at radius 3 is 2.18 bits per heavy atom. The topological polar surface area (TPSA) is 226 Å². The quantitative estimate of drug-likeness (QED) is 0.0634. The maximum absolute atomic E-state index is 14.3. The van der Waals surface area contributed by atoms with Crippen LogP contribution in [0, 0.1) is 5.92 Å². The van der Waals surface area contributed by atoms with Crippen LogP contribution in [0.4, 0.5) is 0 Å². The number of para-hydroxylation sites is 1. The van der Waals surface area contributed by atoms with Crippen LogP contribution in [0.25, 0.3) is 10.9 Å². The zero-order chi connectivity index (χ0) is 43.2. The molecule has 0 radical (unpaired) electrons. The summed E-state index contributed by atoms with van der Waals surface area (Å²) in [5.74, 6) is -1.45. The van der Waals surface area contributed by atoms with Crippen LogP contribution in [0.2, 0.25) is 0 Å². The van der Waals surface area contributed by atoms with Crippen LogP contribution < -0.4 is 32.7 Å². The number of aromatic hydroxyl groups is 1. The number of aromatic amines is 1. The maximum atomic E-state index is 14.3. The number of rotatable bonds is 10. The lowest BCUT2D eigenvalue weighted by molar-refractivity contribution is -0.138. The number of benzene rings is 3. The Kier molecular flexibility index (Phi) is 18.9. The summed E-state index contributed by atoms with van der Waals surface area (Å²) >= 11 is 0. The molecule has 0 unspecified atom stereocenters. The number of hydrogen-bond acceptors (Lipinski definition) is 7. The second-order valence-corrected chi connectivity index (χ2v) is 16.0. The van der Waals surface area contributed by atoms with Crippen LogP contribution in [0.3, 0.4) is 0 Å². The molecule has 10 N–H and O–H groups in total. The van der Waals surface area contributed by atoms with Crippen molar-refractivity contribution >= 4 is 40.5 Å². The van der Waals surface area contributed by atoms with Crippen LogP contribution in [-0.4, -0.2) is 84.1 Å². The van der Waals surface area contributed by atoms with Gasteiger partial charge in [-0.2, -0.15) is 0 Å². The zero-order valence-corrected chi connectivity index (χ0v) is 35.2. The van der Waals surface area contributed by atoms with Gasteiger partial charge in [0.15, 0.2) is 5.96 Å². The summed E-state index contributed by atoms with van der Waals surface area (Å²) in [5, 5.41) is 23.2. The lowest BCUT2D eigenvalue weighted by Crippen LogP contribution is -2.52. The molecule has 1 aromatic heterocycles. The number of H-pyrrole nitrogens is 1. The Morgan fingerprint density at radius 1 is 0.721 bits per heavy atom. The number of aliphatic imine (C=N–C) groups is 1. The van der Waals surface area contributed by atoms with E-state index in [9.17, 15) is 24.3 Å². The number of phenolic OH excluding ortho intramolecular Hbond substituents is 1. The number of ether oxygens (including phenoxy) is 1. The van der Waals surface area contributed by atoms with Crippen molar-refractivity contribution in [2.24, 2.45) is 22.4 Å². The van der Waals surface area contributed by atoms with E-state index in [1.807, 2.05) is 60.7 Å². The highest BCUT2D eigenvalue weighted by molar-refractivity contribution is 5.90. The summed E-state index contributed by atoms with van der Waals surface area (Å²) in [6.07, 6.45) is 8.11. The number of amides is 4. The Bertz CT molecular complexity index is 1970. The van der Waals surface area contributed by atoms with Crippen molar-refractivity contribution in [2.75, 3.05) is 26.2 Å². The Morgan fingerprint density at radius 2 is 1.43 bits per heavy atom. The number of nitrogens with one attached hydrogen (secondary N) is 5. The molecule has 1 fully saturated rings. The largest absolute Gasteiger partial charge is 0.508 e. The number of nitrogens with two attached hydrogens (primary N) is 2. The van der Waals surface area contributed by atoms with Gasteiger partial charge < -0.3 is 47.6 Å². The van der Waals surface area contributed by atoms with Gasteiger partial charge in [0.1, 0.15) is 17.9 Å². The first-order chi connectivity index (χ1) is 29.6. The van der Waals surface area contributed by atoms with Crippen molar-refractivity contribution in [1.29, 1.82) is 0 Å². The number of guanidine groups is 1. The average molecular weight is 837 g/mol. The average Bonchev–Trinajstić information content (AvgIpc) is 3.66. The fourth-order valence-electron chi connectivity index (χ4n) is 7.66. The number of hydrogen-bond donors (Lipinski definition) is 8. The third-order valence-corrected chi connectivity index (χ3v) is 11.0. The number of phenols is 1. The molecule has 3 aromatic carbocycles. The van der Waals surface area contributed by atoms with E-state index < -0.39 is 30.0 Å². The summed E-state index contributed by atoms with van der Waals surface area (Å²) in [6.45, 7) is 1.07. The van der Waals surface area contributed by atoms with Crippen molar-refractivity contribution < 1.29 is 29.0 Å². The minimum atomic E-state index is -1.00. The summed E-state index contributed by atoms with van der Waals surface area (Å²) in [6, 6.07) is 24.9. The van der Waals surface area contributed by atoms with Gasteiger partial charge in [-0.25, -0.2) is 0 Å². The fraction of sp³-hybridized carbons (Fsp3) is 0.468. The molecule has 0 bridgehead atoms. The number of aromatic nitrogens is 1. The minimum absolute atomic E-state index is 0.0113. The summed E-state index contributed by atoms with van der Waals surface area (Å²) in [4.78, 5) is 62.6. The second kappa shape index (κ2) is 25.0. The smallest absolute Gasteiger partial charge is 0.249 e. The van der Waals surface area contributed by atoms with Crippen molar-refractivity contribution in [3.05, 3.63) is 102 Å². The molecule has 4 amide bonds. The molecular formula is C47H64N8O6. The van der Waals surface area contributed by atoms with E-state index >= 15 is 0 Å². The standard InChI is InChI=1S/C47H64N8O6/c48-47(49)52-26-13-18-42-46(60)55-41(31-37-30-35-16-10-11-17-40(35)53-37)45(59)51-25-12-5-3-1-2-4-9-19-43(57)50-27-24-36(28-34-20-22-39(56)23-21-34)44(58)54-38(32-61-42)29-33-14-7-6-8-15-33/h6-8,10-11,14-17,20-23,30,36,38,41-42,53,56H,1-5,9,12-13,18-19,24-29,31-32H2,(H,50,57)(H,51,59)(H,54,58)(H,55,60)(H4,48,49,52)/t36-,38+,41-,42-/m0/s1. The summed E-state index contributed by atoms with van der Waals surface area (Å²) in [5.41, 5.74) is 14.8. The third kappa shape index (κ3) is 16.6. The number of carbonyl (C=O) groups is 4. The van der Waals surface area contributed by atoms with E-state index in [2.05, 4.69) is 31.2 Å². The first-order valence-corrected chi connectivity index (χ1v) is 21.8. The highest BCUT2D eigenvalue weighted by Gasteiger charge is 2.29. The van der Waals surface area contributed by atoms with Gasteiger partial charge >= 0.3 is 0 Å². The Balaban J connectivity index is 1.40. The maximum Gasteiger partial charge on any atom is 0.249 e. The number of carbonyl (C=O) groups excluding carboxylic acids is 4. The molecule has 14 nitrogen and oxygen atoms in total. The lowest BCUT2D eigenvalue weighted by Gasteiger charge is -2.26. The molecule has 0 aliphatic carbocycles. The fourth-order valence-corrected chi connectivity index (χ4v) is 7.66. The molecular weight excluding hydrogens is 773 g/mol. The molecule has 1 aliphatic heterocycles. The van der Waals surface area contributed by atoms with Crippen molar-refractivity contribution in [1.82, 2.24) is 26.3 Å². The molecule has 4 atom stereocenters. The molecule has 1 saturated heterocycles. The molecule has 0 saturated carbocycles. The highest BCUT2D eigenvalue weighted by atomic mass is 16.5. The van der Waals surface area contributed by atoms with E-state index in [-0.39, 0.29) is 55.4 Å². The highest BCUT2D eigenvalue weighted by Crippen LogP contribution is 2.19. The van der Waals surface area contributed by atoms with Crippen molar-refractivity contribution in [3.8, 4) is 5.75 Å². The van der Waals surface area contributed by atoms with E-state index in [0.717, 1.165) is 72.7 Å². The van der Waals surface area contributed by atoms with Gasteiger partial charge in [0.25, 0.3) is 0 Å². The Hall–Kier alpha value is -5.89. The predicted molar refractivity (Wildman–Crippen MR) is 239 cm³/mol. The molecule has 2 heterocycles. The number of fused-ring (bicyclic) bond motifs is 1. The van der Waals surface area contributed by atoms with Gasteiger partial charge in [-0.05, 0) is 85.7 Å². The monoisotopic (exact) mass is 836 g/mol. The third-order valence-electron chi connectivity index (χ3n) is 11.0. The van der Waals surface area contributed by atoms with Gasteiger partial charge in [0.2, 0.25) is 23.6 Å². The zero-order valence-electron chi connectivity index (χ0n) is 35.2. The van der Waals surface area contributed by atoms with Gasteiger partial charge in [0.05, 0.1) is 12.6 Å². The molecule has 5 rings (SSSR count). The molecule has 1 aliphatic rings. The number of nitrogens with zero attached hydrogens (tertiary/aromatic N) is 1. The molecule has 0 spiro atoms. The molecule has 328 valence electrons. The first kappa shape index (κ1) is 46.2. The van der Waals surface area contributed by atoms with Crippen LogP contribution in [-0.2, 0) is 43.2 Å². The molecule has 14 heteroatoms. The second-order valence-electron chi connectivity index (χ2n) is 16.0. The van der Waals surface area contributed by atoms with Crippen molar-refractivity contribution in [3.63, 3.8) is 0 Å². The minimum Gasteiger partial charge on any atom is -0.508 e. The first-order valence-electron chi connectivity index (χ1n) is 21.8. The van der Waals surface area contributed by atoms with Crippen LogP contribution >= 0.6 is 0 Å². The van der Waals surface area contributed by atoms with Gasteiger partial charge in [-0.3, -0.25) is 24.2 Å². The van der Waals surface area contributed by atoms with Gasteiger partial charge in [-0.1, -0.05) is 92.8 Å². The van der Waals surface area contributed by atoms with E-state index in [1.165, 1.54) is 0 Å². The van der Waals surface area contributed by atoms with Gasteiger partial charge in [0, 0.05) is 49.6 Å². The van der Waals surface area contributed by atoms with Gasteiger partial charge in [-0.15, -0.1) is 0 Å². The van der Waals surface area contributed by atoms with E-state index in [4.69, 9.17) is 16.2 Å². The van der Waals surface area contributed by atoms with E-state index in [0.29, 0.717) is 45.2 Å². The van der Waals surface area contributed by atoms with E-state index in [1.54, 1.807) is 24.3 Å². The van der Waals surface area contributed by atoms with Crippen LogP contribution in [0.15, 0.2) is 89.9 Å².